The van der Waals surface area contributed by atoms with E-state index in [2.05, 4.69) is 44.5 Å². The van der Waals surface area contributed by atoms with Crippen LogP contribution >= 0.6 is 0 Å². The summed E-state index contributed by atoms with van der Waals surface area (Å²) >= 11 is 0. The van der Waals surface area contributed by atoms with Gasteiger partial charge in [0.25, 0.3) is 5.91 Å². The molecule has 0 saturated carbocycles. The number of nitrogens with zero attached hydrogens (tertiary/aromatic N) is 4. The van der Waals surface area contributed by atoms with Gasteiger partial charge in [-0.05, 0) is 18.9 Å². The number of hydrogen-bond donors (Lipinski definition) is 1. The molecule has 1 aliphatic heterocycles. The Labute approximate surface area is 148 Å². The summed E-state index contributed by atoms with van der Waals surface area (Å²) in [4.78, 5) is 25.2. The monoisotopic (exact) mass is 339 g/mol. The zero-order valence-corrected chi connectivity index (χ0v) is 14.7. The molecule has 0 aliphatic carbocycles. The van der Waals surface area contributed by atoms with Gasteiger partial charge in [-0.15, -0.1) is 0 Å². The molecular weight excluding hydrogens is 314 g/mol. The Bertz CT molecular complexity index is 666. The molecule has 1 N–H and O–H groups in total. The van der Waals surface area contributed by atoms with Crippen LogP contribution in [0.5, 0.6) is 0 Å². The zero-order chi connectivity index (χ0) is 17.5. The van der Waals surface area contributed by atoms with Crippen molar-refractivity contribution in [3.63, 3.8) is 0 Å². The highest BCUT2D eigenvalue weighted by atomic mass is 16.2. The first-order chi connectivity index (χ1) is 12.3. The molecule has 3 rings (SSSR count). The number of nitrogens with one attached hydrogen (secondary N) is 1. The summed E-state index contributed by atoms with van der Waals surface area (Å²) in [6.07, 6.45) is 4.26. The van der Waals surface area contributed by atoms with Crippen LogP contribution in [0.1, 0.15) is 22.8 Å². The Morgan fingerprint density at radius 2 is 1.76 bits per heavy atom. The van der Waals surface area contributed by atoms with Crippen molar-refractivity contribution in [2.24, 2.45) is 0 Å². The molecule has 0 radical (unpaired) electrons. The van der Waals surface area contributed by atoms with E-state index in [9.17, 15) is 4.79 Å². The molecule has 1 aromatic heterocycles. The second-order valence-electron chi connectivity index (χ2n) is 6.20. The number of hydrogen-bond acceptors (Lipinski definition) is 5. The lowest BCUT2D eigenvalue weighted by atomic mass is 10.1. The van der Waals surface area contributed by atoms with E-state index < -0.39 is 0 Å². The van der Waals surface area contributed by atoms with E-state index in [0.29, 0.717) is 11.5 Å². The van der Waals surface area contributed by atoms with Gasteiger partial charge in [-0.2, -0.15) is 0 Å². The number of rotatable bonds is 6. The molecule has 1 aliphatic rings. The van der Waals surface area contributed by atoms with E-state index in [-0.39, 0.29) is 5.91 Å². The van der Waals surface area contributed by atoms with Gasteiger partial charge in [0, 0.05) is 51.7 Å². The van der Waals surface area contributed by atoms with E-state index in [1.165, 1.54) is 5.56 Å². The zero-order valence-electron chi connectivity index (χ0n) is 14.7. The van der Waals surface area contributed by atoms with Crippen LogP contribution in [0.25, 0.3) is 0 Å². The van der Waals surface area contributed by atoms with Crippen molar-refractivity contribution in [3.8, 4) is 0 Å². The van der Waals surface area contributed by atoms with E-state index in [1.54, 1.807) is 12.4 Å². The first kappa shape index (κ1) is 17.4. The molecule has 1 fully saturated rings. The lowest BCUT2D eigenvalue weighted by Crippen LogP contribution is -2.49. The van der Waals surface area contributed by atoms with Gasteiger partial charge in [-0.3, -0.25) is 9.69 Å². The summed E-state index contributed by atoms with van der Waals surface area (Å²) in [6.45, 7) is 7.11. The molecule has 1 aromatic carbocycles. The highest BCUT2D eigenvalue weighted by Crippen LogP contribution is 2.10. The van der Waals surface area contributed by atoms with E-state index in [1.807, 2.05) is 17.9 Å². The minimum absolute atomic E-state index is 0.0192. The fourth-order valence-electron chi connectivity index (χ4n) is 2.98. The first-order valence-corrected chi connectivity index (χ1v) is 8.87. The molecule has 0 spiro atoms. The number of carbonyl (C=O) groups is 1. The molecule has 25 heavy (non-hydrogen) atoms. The molecule has 2 heterocycles. The second kappa shape index (κ2) is 8.58. The molecule has 6 nitrogen and oxygen atoms in total. The van der Waals surface area contributed by atoms with Crippen molar-refractivity contribution in [2.75, 3.05) is 44.6 Å². The van der Waals surface area contributed by atoms with Crippen molar-refractivity contribution >= 4 is 11.9 Å². The summed E-state index contributed by atoms with van der Waals surface area (Å²) < 4.78 is 0. The number of benzene rings is 1. The van der Waals surface area contributed by atoms with Gasteiger partial charge in [0.15, 0.2) is 0 Å². The number of piperazine rings is 1. The highest BCUT2D eigenvalue weighted by molar-refractivity contribution is 5.93. The summed E-state index contributed by atoms with van der Waals surface area (Å²) in [5, 5.41) is 3.03. The van der Waals surface area contributed by atoms with E-state index >= 15 is 0 Å². The largest absolute Gasteiger partial charge is 0.355 e. The molecule has 0 unspecified atom stereocenters. The number of amides is 1. The normalized spacial score (nSPS) is 15.2. The maximum Gasteiger partial charge on any atom is 0.257 e. The minimum atomic E-state index is 0.0192. The van der Waals surface area contributed by atoms with Gasteiger partial charge in [-0.25, -0.2) is 9.97 Å². The number of anilines is 1. The fraction of sp³-hybridized carbons (Fsp3) is 0.421. The third kappa shape index (κ3) is 4.76. The number of aromatic nitrogens is 2. The molecule has 0 atom stereocenters. The lowest BCUT2D eigenvalue weighted by Gasteiger charge is -2.34. The molecular formula is C19H25N5O. The van der Waals surface area contributed by atoms with Crippen LogP contribution in [0.3, 0.4) is 0 Å². The van der Waals surface area contributed by atoms with Gasteiger partial charge in [0.05, 0.1) is 5.56 Å². The summed E-state index contributed by atoms with van der Waals surface area (Å²) in [7, 11) is 0. The average molecular weight is 339 g/mol. The third-order valence-electron chi connectivity index (χ3n) is 4.45. The molecule has 6 heteroatoms. The maximum atomic E-state index is 12.6. The lowest BCUT2D eigenvalue weighted by molar-refractivity contribution is 0.0637. The van der Waals surface area contributed by atoms with E-state index in [0.717, 1.165) is 45.7 Å². The summed E-state index contributed by atoms with van der Waals surface area (Å²) in [5.74, 6) is 0.579. The van der Waals surface area contributed by atoms with Crippen molar-refractivity contribution in [3.05, 3.63) is 53.9 Å². The maximum absolute atomic E-state index is 12.6. The smallest absolute Gasteiger partial charge is 0.257 e. The summed E-state index contributed by atoms with van der Waals surface area (Å²) in [6, 6.07) is 10.5. The minimum Gasteiger partial charge on any atom is -0.355 e. The predicted molar refractivity (Wildman–Crippen MR) is 98.7 cm³/mol. The van der Waals surface area contributed by atoms with Crippen molar-refractivity contribution in [2.45, 2.75) is 13.3 Å². The Morgan fingerprint density at radius 1 is 1.08 bits per heavy atom. The van der Waals surface area contributed by atoms with Crippen molar-refractivity contribution in [1.29, 1.82) is 0 Å². The quantitative estimate of drug-likeness (QED) is 0.871. The molecule has 0 bridgehead atoms. The number of carbonyl (C=O) groups excluding carboxylic acids is 1. The van der Waals surface area contributed by atoms with Crippen molar-refractivity contribution < 1.29 is 4.79 Å². The van der Waals surface area contributed by atoms with Gasteiger partial charge in [-0.1, -0.05) is 30.3 Å². The third-order valence-corrected chi connectivity index (χ3v) is 4.45. The van der Waals surface area contributed by atoms with E-state index in [4.69, 9.17) is 0 Å². The summed E-state index contributed by atoms with van der Waals surface area (Å²) in [5.41, 5.74) is 1.92. The van der Waals surface area contributed by atoms with Crippen LogP contribution in [0.15, 0.2) is 42.7 Å². The van der Waals surface area contributed by atoms with Crippen LogP contribution in [-0.4, -0.2) is 64.9 Å². The topological polar surface area (TPSA) is 61.4 Å². The van der Waals surface area contributed by atoms with Gasteiger partial charge in [0.1, 0.15) is 0 Å². The van der Waals surface area contributed by atoms with Crippen LogP contribution < -0.4 is 5.32 Å². The molecule has 1 saturated heterocycles. The van der Waals surface area contributed by atoms with Crippen LogP contribution in [0.2, 0.25) is 0 Å². The Hall–Kier alpha value is -2.47. The van der Waals surface area contributed by atoms with Gasteiger partial charge < -0.3 is 10.2 Å². The standard InChI is InChI=1S/C19H25N5O/c1-2-20-19-21-14-17(15-22-19)18(25)24-12-10-23(11-13-24)9-8-16-6-4-3-5-7-16/h3-7,14-15H,2,8-13H2,1H3,(H,20,21,22). The first-order valence-electron chi connectivity index (χ1n) is 8.87. The van der Waals surface area contributed by atoms with Gasteiger partial charge >= 0.3 is 0 Å². The van der Waals surface area contributed by atoms with Crippen LogP contribution in [0, 0.1) is 0 Å². The Morgan fingerprint density at radius 3 is 2.40 bits per heavy atom. The molecule has 1 amide bonds. The van der Waals surface area contributed by atoms with Crippen LogP contribution in [0.4, 0.5) is 5.95 Å². The average Bonchev–Trinajstić information content (AvgIpc) is 2.68. The molecule has 132 valence electrons. The fourth-order valence-corrected chi connectivity index (χ4v) is 2.98. The Kier molecular flexibility index (Phi) is 5.95. The van der Waals surface area contributed by atoms with Gasteiger partial charge in [0.2, 0.25) is 5.95 Å². The SMILES string of the molecule is CCNc1ncc(C(=O)N2CCN(CCc3ccccc3)CC2)cn1. The van der Waals surface area contributed by atoms with Crippen molar-refractivity contribution in [1.82, 2.24) is 19.8 Å². The predicted octanol–water partition coefficient (Wildman–Crippen LogP) is 1.91. The second-order valence-corrected chi connectivity index (χ2v) is 6.20. The highest BCUT2D eigenvalue weighted by Gasteiger charge is 2.22. The Balaban J connectivity index is 1.47. The van der Waals surface area contributed by atoms with Crippen LogP contribution in [-0.2, 0) is 6.42 Å². The molecule has 2 aromatic rings.